The second kappa shape index (κ2) is 9.72. The second-order valence-electron chi connectivity index (χ2n) is 7.38. The van der Waals surface area contributed by atoms with Gasteiger partial charge in [-0.05, 0) is 24.1 Å². The highest BCUT2D eigenvalue weighted by atomic mass is 16.7. The zero-order valence-corrected chi connectivity index (χ0v) is 17.0. The average Bonchev–Trinajstić information content (AvgIpc) is 2.74. The highest BCUT2D eigenvalue weighted by Gasteiger charge is 2.38. The van der Waals surface area contributed by atoms with Crippen LogP contribution in [-0.2, 0) is 15.9 Å². The van der Waals surface area contributed by atoms with Crippen LogP contribution in [0.1, 0.15) is 31.3 Å². The molecule has 2 aromatic carbocycles. The predicted octanol–water partition coefficient (Wildman–Crippen LogP) is 5.73. The first kappa shape index (κ1) is 20.4. The van der Waals surface area contributed by atoms with Gasteiger partial charge in [0.05, 0.1) is 19.3 Å². The Morgan fingerprint density at radius 1 is 1.07 bits per heavy atom. The van der Waals surface area contributed by atoms with Crippen LogP contribution in [0, 0.1) is 11.8 Å². The van der Waals surface area contributed by atoms with E-state index in [2.05, 4.69) is 56.8 Å². The molecule has 0 saturated carbocycles. The van der Waals surface area contributed by atoms with Gasteiger partial charge in [0.1, 0.15) is 5.75 Å². The van der Waals surface area contributed by atoms with E-state index in [1.165, 1.54) is 5.56 Å². The Kier molecular flexibility index (Phi) is 7.07. The van der Waals surface area contributed by atoms with Gasteiger partial charge in [-0.15, -0.1) is 6.58 Å². The number of allylic oxidation sites excluding steroid dienone is 1. The zero-order chi connectivity index (χ0) is 19.9. The molecule has 0 aliphatic carbocycles. The summed E-state index contributed by atoms with van der Waals surface area (Å²) in [6.07, 6.45) is 6.90. The summed E-state index contributed by atoms with van der Waals surface area (Å²) in [5.41, 5.74) is 2.30. The minimum atomic E-state index is -0.403. The van der Waals surface area contributed by atoms with Gasteiger partial charge in [-0.2, -0.15) is 0 Å². The third-order valence-corrected chi connectivity index (χ3v) is 5.37. The third-order valence-electron chi connectivity index (χ3n) is 5.37. The topological polar surface area (TPSA) is 27.7 Å². The first-order chi connectivity index (χ1) is 13.6. The molecule has 0 bridgehead atoms. The Labute approximate surface area is 168 Å². The summed E-state index contributed by atoms with van der Waals surface area (Å²) in [5.74, 6) is 1.32. The summed E-state index contributed by atoms with van der Waals surface area (Å²) in [7, 11) is 1.66. The molecule has 0 radical (unpaired) electrons. The maximum atomic E-state index is 6.39. The molecule has 3 heteroatoms. The number of benzene rings is 2. The van der Waals surface area contributed by atoms with E-state index in [1.54, 1.807) is 7.11 Å². The number of ether oxygens (including phenoxy) is 3. The Morgan fingerprint density at radius 3 is 2.43 bits per heavy atom. The second-order valence-corrected chi connectivity index (χ2v) is 7.38. The molecule has 3 rings (SSSR count). The maximum absolute atomic E-state index is 6.39. The normalized spacial score (nSPS) is 26.1. The standard InChI is InChI=1S/C25H30O3/c1-5-23-19(3)24(18(2)10-9-13-20-11-7-6-8-12-20)28-25(27-23)21-14-16-22(26-4)17-15-21/h5-12,14-19,23-25H,1,13H2,2-4H3/b10-9+/t18-,19+,23-,24-,25?/m1/s1. The summed E-state index contributed by atoms with van der Waals surface area (Å²) < 4.78 is 17.8. The molecule has 28 heavy (non-hydrogen) atoms. The Balaban J connectivity index is 1.71. The summed E-state index contributed by atoms with van der Waals surface area (Å²) in [6, 6.07) is 18.3. The molecule has 1 heterocycles. The van der Waals surface area contributed by atoms with Crippen LogP contribution in [0.25, 0.3) is 0 Å². The first-order valence-corrected chi connectivity index (χ1v) is 9.90. The maximum Gasteiger partial charge on any atom is 0.184 e. The van der Waals surface area contributed by atoms with E-state index in [0.29, 0.717) is 0 Å². The Bertz CT molecular complexity index is 766. The molecular formula is C25H30O3. The number of rotatable bonds is 7. The van der Waals surface area contributed by atoms with Crippen molar-refractivity contribution in [3.63, 3.8) is 0 Å². The quantitative estimate of drug-likeness (QED) is 0.576. The van der Waals surface area contributed by atoms with Crippen LogP contribution in [0.4, 0.5) is 0 Å². The van der Waals surface area contributed by atoms with Gasteiger partial charge in [0.15, 0.2) is 6.29 Å². The molecule has 0 N–H and O–H groups in total. The van der Waals surface area contributed by atoms with Gasteiger partial charge in [0, 0.05) is 17.4 Å². The molecule has 3 nitrogen and oxygen atoms in total. The monoisotopic (exact) mass is 378 g/mol. The zero-order valence-electron chi connectivity index (χ0n) is 17.0. The molecule has 5 atom stereocenters. The molecular weight excluding hydrogens is 348 g/mol. The lowest BCUT2D eigenvalue weighted by molar-refractivity contribution is -0.266. The SMILES string of the molecule is C=C[C@H]1OC(c2ccc(OC)cc2)O[C@H]([C@H](C)/C=C/Cc2ccccc2)[C@H]1C. The average molecular weight is 379 g/mol. The van der Waals surface area contributed by atoms with Gasteiger partial charge < -0.3 is 14.2 Å². The van der Waals surface area contributed by atoms with Crippen LogP contribution in [0.15, 0.2) is 79.4 Å². The van der Waals surface area contributed by atoms with Crippen LogP contribution in [-0.4, -0.2) is 19.3 Å². The summed E-state index contributed by atoms with van der Waals surface area (Å²) >= 11 is 0. The lowest BCUT2D eigenvalue weighted by Crippen LogP contribution is -2.43. The Hall–Kier alpha value is -2.36. The minimum Gasteiger partial charge on any atom is -0.497 e. The van der Waals surface area contributed by atoms with E-state index in [0.717, 1.165) is 17.7 Å². The molecule has 1 saturated heterocycles. The molecule has 148 valence electrons. The fourth-order valence-electron chi connectivity index (χ4n) is 3.69. The highest BCUT2D eigenvalue weighted by molar-refractivity contribution is 5.28. The predicted molar refractivity (Wildman–Crippen MR) is 113 cm³/mol. The van der Waals surface area contributed by atoms with Gasteiger partial charge in [0.2, 0.25) is 0 Å². The fraction of sp³-hybridized carbons (Fsp3) is 0.360. The van der Waals surface area contributed by atoms with Crippen LogP contribution in [0.2, 0.25) is 0 Å². The van der Waals surface area contributed by atoms with Gasteiger partial charge in [-0.25, -0.2) is 0 Å². The van der Waals surface area contributed by atoms with Crippen molar-refractivity contribution >= 4 is 0 Å². The van der Waals surface area contributed by atoms with Crippen molar-refractivity contribution in [2.24, 2.45) is 11.8 Å². The number of hydrogen-bond donors (Lipinski definition) is 0. The lowest BCUT2D eigenvalue weighted by Gasteiger charge is -2.41. The van der Waals surface area contributed by atoms with Gasteiger partial charge in [-0.1, -0.05) is 74.5 Å². The first-order valence-electron chi connectivity index (χ1n) is 9.90. The van der Waals surface area contributed by atoms with E-state index in [4.69, 9.17) is 14.2 Å². The number of hydrogen-bond acceptors (Lipinski definition) is 3. The van der Waals surface area contributed by atoms with Crippen molar-refractivity contribution in [2.75, 3.05) is 7.11 Å². The molecule has 1 fully saturated rings. The fourth-order valence-corrected chi connectivity index (χ4v) is 3.69. The third kappa shape index (κ3) is 4.92. The summed E-state index contributed by atoms with van der Waals surface area (Å²) in [4.78, 5) is 0. The minimum absolute atomic E-state index is 0.0455. The van der Waals surface area contributed by atoms with Crippen LogP contribution in [0.3, 0.4) is 0 Å². The molecule has 0 spiro atoms. The van der Waals surface area contributed by atoms with Crippen molar-refractivity contribution in [3.05, 3.63) is 90.5 Å². The van der Waals surface area contributed by atoms with Gasteiger partial charge in [-0.3, -0.25) is 0 Å². The highest BCUT2D eigenvalue weighted by Crippen LogP contribution is 2.37. The molecule has 1 unspecified atom stereocenters. The van der Waals surface area contributed by atoms with Crippen molar-refractivity contribution in [1.82, 2.24) is 0 Å². The Morgan fingerprint density at radius 2 is 1.79 bits per heavy atom. The van der Waals surface area contributed by atoms with E-state index in [9.17, 15) is 0 Å². The molecule has 0 amide bonds. The summed E-state index contributed by atoms with van der Waals surface area (Å²) in [5, 5.41) is 0. The van der Waals surface area contributed by atoms with Crippen molar-refractivity contribution in [1.29, 1.82) is 0 Å². The van der Waals surface area contributed by atoms with Crippen LogP contribution < -0.4 is 4.74 Å². The van der Waals surface area contributed by atoms with Crippen LogP contribution in [0.5, 0.6) is 5.75 Å². The molecule has 1 aliphatic heterocycles. The van der Waals surface area contributed by atoms with Crippen LogP contribution >= 0.6 is 0 Å². The van der Waals surface area contributed by atoms with Gasteiger partial charge >= 0.3 is 0 Å². The smallest absolute Gasteiger partial charge is 0.184 e. The van der Waals surface area contributed by atoms with E-state index < -0.39 is 6.29 Å². The molecule has 2 aromatic rings. The lowest BCUT2D eigenvalue weighted by atomic mass is 9.87. The van der Waals surface area contributed by atoms with E-state index in [-0.39, 0.29) is 24.0 Å². The number of methoxy groups -OCH3 is 1. The van der Waals surface area contributed by atoms with Gasteiger partial charge in [0.25, 0.3) is 0 Å². The van der Waals surface area contributed by atoms with Crippen molar-refractivity contribution in [3.8, 4) is 5.75 Å². The van der Waals surface area contributed by atoms with E-state index in [1.807, 2.05) is 36.4 Å². The molecule has 0 aromatic heterocycles. The van der Waals surface area contributed by atoms with Crippen molar-refractivity contribution in [2.45, 2.75) is 38.8 Å². The summed E-state index contributed by atoms with van der Waals surface area (Å²) in [6.45, 7) is 8.34. The van der Waals surface area contributed by atoms with Crippen molar-refractivity contribution < 1.29 is 14.2 Å². The molecule has 1 aliphatic rings. The largest absolute Gasteiger partial charge is 0.497 e. The van der Waals surface area contributed by atoms with E-state index >= 15 is 0 Å².